The minimum absolute atomic E-state index is 0.112. The number of hydrogen-bond donors (Lipinski definition) is 2. The van der Waals surface area contributed by atoms with Gasteiger partial charge in [0.25, 0.3) is 0 Å². The van der Waals surface area contributed by atoms with E-state index in [-0.39, 0.29) is 12.3 Å². The maximum Gasteiger partial charge on any atom is 0.327 e. The maximum absolute atomic E-state index is 10.8. The molecule has 0 fully saturated rings. The highest BCUT2D eigenvalue weighted by atomic mass is 16.4. The Morgan fingerprint density at radius 2 is 2.13 bits per heavy atom. The third-order valence-corrected chi connectivity index (χ3v) is 1.62. The molecule has 0 aliphatic carbocycles. The Labute approximate surface area is 88.4 Å². The van der Waals surface area contributed by atoms with E-state index in [2.05, 4.69) is 5.32 Å². The molecule has 0 aliphatic heterocycles. The average Bonchev–Trinajstić information content (AvgIpc) is 2.16. The van der Waals surface area contributed by atoms with Gasteiger partial charge in [0.15, 0.2) is 0 Å². The molecule has 0 unspecified atom stereocenters. The number of carbonyl (C=O) groups is 2. The summed E-state index contributed by atoms with van der Waals surface area (Å²) in [6.45, 7) is 0.529. The fraction of sp³-hybridized carbons (Fsp3) is 0.500. The standard InChI is InChI=1S/C10H14N2O3/c11-7-6-9(13)12-8-4-2-1-3-5-10(14)15/h3,5H,1-2,4,6,8H2,(H,12,13)(H,14,15)/b5-3-. The lowest BCUT2D eigenvalue weighted by Crippen LogP contribution is -2.23. The first-order chi connectivity index (χ1) is 7.16. The number of carbonyl (C=O) groups excluding carboxylic acids is 1. The van der Waals surface area contributed by atoms with E-state index in [1.807, 2.05) is 0 Å². The summed E-state index contributed by atoms with van der Waals surface area (Å²) in [5.74, 6) is -1.21. The number of nitrogens with one attached hydrogen (secondary N) is 1. The van der Waals surface area contributed by atoms with E-state index in [4.69, 9.17) is 10.4 Å². The van der Waals surface area contributed by atoms with Gasteiger partial charge in [0, 0.05) is 12.6 Å². The minimum atomic E-state index is -0.947. The fourth-order valence-electron chi connectivity index (χ4n) is 0.933. The van der Waals surface area contributed by atoms with E-state index in [1.54, 1.807) is 12.1 Å². The van der Waals surface area contributed by atoms with Gasteiger partial charge in [-0.05, 0) is 19.3 Å². The average molecular weight is 210 g/mol. The predicted octanol–water partition coefficient (Wildman–Crippen LogP) is 0.827. The van der Waals surface area contributed by atoms with E-state index >= 15 is 0 Å². The van der Waals surface area contributed by atoms with Crippen LogP contribution in [-0.2, 0) is 9.59 Å². The van der Waals surface area contributed by atoms with Crippen molar-refractivity contribution in [2.75, 3.05) is 6.54 Å². The van der Waals surface area contributed by atoms with Crippen molar-refractivity contribution < 1.29 is 14.7 Å². The molecular weight excluding hydrogens is 196 g/mol. The van der Waals surface area contributed by atoms with Gasteiger partial charge >= 0.3 is 5.97 Å². The van der Waals surface area contributed by atoms with Crippen molar-refractivity contribution in [2.24, 2.45) is 0 Å². The molecule has 0 aromatic rings. The molecule has 82 valence electrons. The molecule has 5 nitrogen and oxygen atoms in total. The van der Waals surface area contributed by atoms with Crippen LogP contribution in [0, 0.1) is 11.3 Å². The van der Waals surface area contributed by atoms with Crippen LogP contribution < -0.4 is 5.32 Å². The van der Waals surface area contributed by atoms with E-state index in [0.717, 1.165) is 18.9 Å². The Balaban J connectivity index is 3.29. The zero-order chi connectivity index (χ0) is 11.5. The summed E-state index contributed by atoms with van der Waals surface area (Å²) in [5, 5.41) is 19.0. The number of unbranched alkanes of at least 4 members (excludes halogenated alkanes) is 2. The second kappa shape index (κ2) is 8.75. The summed E-state index contributed by atoms with van der Waals surface area (Å²) in [7, 11) is 0. The van der Waals surface area contributed by atoms with Crippen molar-refractivity contribution in [1.29, 1.82) is 5.26 Å². The molecule has 0 radical (unpaired) electrons. The smallest absolute Gasteiger partial charge is 0.327 e. The number of carboxylic acid groups (broad SMARTS) is 1. The third kappa shape index (κ3) is 10.1. The molecule has 5 heteroatoms. The van der Waals surface area contributed by atoms with Gasteiger partial charge in [0.1, 0.15) is 6.42 Å². The lowest BCUT2D eigenvalue weighted by atomic mass is 10.2. The van der Waals surface area contributed by atoms with Crippen LogP contribution in [0.3, 0.4) is 0 Å². The van der Waals surface area contributed by atoms with Crippen molar-refractivity contribution in [3.63, 3.8) is 0 Å². The van der Waals surface area contributed by atoms with Gasteiger partial charge in [0.05, 0.1) is 6.07 Å². The number of rotatable bonds is 7. The highest BCUT2D eigenvalue weighted by Gasteiger charge is 1.97. The number of nitriles is 1. The maximum atomic E-state index is 10.8. The highest BCUT2D eigenvalue weighted by Crippen LogP contribution is 1.95. The van der Waals surface area contributed by atoms with Crippen LogP contribution in [0.15, 0.2) is 12.2 Å². The van der Waals surface area contributed by atoms with Gasteiger partial charge in [-0.25, -0.2) is 4.79 Å². The van der Waals surface area contributed by atoms with Crippen molar-refractivity contribution in [3.05, 3.63) is 12.2 Å². The normalized spacial score (nSPS) is 9.80. The predicted molar refractivity (Wildman–Crippen MR) is 53.9 cm³/mol. The van der Waals surface area contributed by atoms with Gasteiger partial charge in [-0.3, -0.25) is 4.79 Å². The van der Waals surface area contributed by atoms with Crippen molar-refractivity contribution in [3.8, 4) is 6.07 Å². The van der Waals surface area contributed by atoms with Crippen LogP contribution >= 0.6 is 0 Å². The van der Waals surface area contributed by atoms with E-state index < -0.39 is 5.97 Å². The number of nitrogens with zero attached hydrogens (tertiary/aromatic N) is 1. The van der Waals surface area contributed by atoms with Gasteiger partial charge in [-0.1, -0.05) is 6.08 Å². The van der Waals surface area contributed by atoms with Crippen LogP contribution in [0.5, 0.6) is 0 Å². The summed E-state index contributed by atoms with van der Waals surface area (Å²) in [6, 6.07) is 1.75. The first-order valence-electron chi connectivity index (χ1n) is 4.70. The van der Waals surface area contributed by atoms with E-state index in [0.29, 0.717) is 13.0 Å². The summed E-state index contributed by atoms with van der Waals surface area (Å²) < 4.78 is 0. The number of aliphatic carboxylic acids is 1. The highest BCUT2D eigenvalue weighted by molar-refractivity contribution is 5.79. The Morgan fingerprint density at radius 3 is 2.73 bits per heavy atom. The molecule has 0 heterocycles. The molecule has 0 aromatic heterocycles. The first-order valence-corrected chi connectivity index (χ1v) is 4.70. The molecule has 15 heavy (non-hydrogen) atoms. The van der Waals surface area contributed by atoms with Gasteiger partial charge in [-0.15, -0.1) is 0 Å². The zero-order valence-electron chi connectivity index (χ0n) is 8.40. The van der Waals surface area contributed by atoms with Crippen molar-refractivity contribution in [2.45, 2.75) is 25.7 Å². The topological polar surface area (TPSA) is 90.2 Å². The Morgan fingerprint density at radius 1 is 1.40 bits per heavy atom. The van der Waals surface area contributed by atoms with E-state index in [1.165, 1.54) is 0 Å². The number of amides is 1. The van der Waals surface area contributed by atoms with Crippen LogP contribution in [-0.4, -0.2) is 23.5 Å². The second-order valence-electron chi connectivity index (χ2n) is 2.92. The van der Waals surface area contributed by atoms with Crippen LogP contribution in [0.25, 0.3) is 0 Å². The SMILES string of the molecule is N#CCC(=O)NCCCC/C=C\C(=O)O. The number of allylic oxidation sites excluding steroid dienone is 1. The molecule has 0 rings (SSSR count). The molecule has 0 saturated heterocycles. The van der Waals surface area contributed by atoms with Crippen molar-refractivity contribution in [1.82, 2.24) is 5.32 Å². The van der Waals surface area contributed by atoms with Crippen molar-refractivity contribution >= 4 is 11.9 Å². The lowest BCUT2D eigenvalue weighted by Gasteiger charge is -2.00. The Hall–Kier alpha value is -1.83. The lowest BCUT2D eigenvalue weighted by molar-refractivity contribution is -0.131. The summed E-state index contributed by atoms with van der Waals surface area (Å²) in [5.41, 5.74) is 0. The van der Waals surface area contributed by atoms with Crippen LogP contribution in [0.4, 0.5) is 0 Å². The van der Waals surface area contributed by atoms with Gasteiger partial charge < -0.3 is 10.4 Å². The molecule has 0 aliphatic rings. The fourth-order valence-corrected chi connectivity index (χ4v) is 0.933. The number of carboxylic acids is 1. The quantitative estimate of drug-likeness (QED) is 0.481. The molecule has 0 saturated carbocycles. The Bertz CT molecular complexity index is 279. The molecular formula is C10H14N2O3. The molecule has 2 N–H and O–H groups in total. The largest absolute Gasteiger partial charge is 0.478 e. The molecule has 0 atom stereocenters. The summed E-state index contributed by atoms with van der Waals surface area (Å²) in [4.78, 5) is 20.9. The van der Waals surface area contributed by atoms with Gasteiger partial charge in [-0.2, -0.15) is 5.26 Å². The number of hydrogen-bond acceptors (Lipinski definition) is 3. The summed E-state index contributed by atoms with van der Waals surface area (Å²) in [6.07, 6.45) is 4.85. The van der Waals surface area contributed by atoms with Gasteiger partial charge in [0.2, 0.25) is 5.91 Å². The third-order valence-electron chi connectivity index (χ3n) is 1.62. The second-order valence-corrected chi connectivity index (χ2v) is 2.92. The molecule has 0 bridgehead atoms. The zero-order valence-corrected chi connectivity index (χ0v) is 8.40. The first kappa shape index (κ1) is 13.2. The molecule has 0 spiro atoms. The molecule has 1 amide bonds. The van der Waals surface area contributed by atoms with Crippen LogP contribution in [0.2, 0.25) is 0 Å². The summed E-state index contributed by atoms with van der Waals surface area (Å²) >= 11 is 0. The minimum Gasteiger partial charge on any atom is -0.478 e. The van der Waals surface area contributed by atoms with Crippen LogP contribution in [0.1, 0.15) is 25.7 Å². The Kier molecular flexibility index (Phi) is 7.69. The van der Waals surface area contributed by atoms with E-state index in [9.17, 15) is 9.59 Å². The molecule has 0 aromatic carbocycles. The monoisotopic (exact) mass is 210 g/mol.